The van der Waals surface area contributed by atoms with Gasteiger partial charge in [-0.1, -0.05) is 0 Å². The molecule has 28 heavy (non-hydrogen) atoms. The van der Waals surface area contributed by atoms with E-state index < -0.39 is 0 Å². The summed E-state index contributed by atoms with van der Waals surface area (Å²) in [4.78, 5) is 15.5. The van der Waals surface area contributed by atoms with Crippen LogP contribution in [-0.4, -0.2) is 60.0 Å². The molecule has 1 N–H and O–H groups in total. The molecule has 1 saturated carbocycles. The number of aromatic nitrogens is 6. The summed E-state index contributed by atoms with van der Waals surface area (Å²) in [6.45, 7) is 0. The summed E-state index contributed by atoms with van der Waals surface area (Å²) in [6, 6.07) is 3.18. The minimum Gasteiger partial charge on any atom is -0.350 e. The minimum atomic E-state index is 0.441. The van der Waals surface area contributed by atoms with Crippen LogP contribution in [0.25, 0.3) is 22.4 Å². The molecule has 0 atom stereocenters. The van der Waals surface area contributed by atoms with Crippen molar-refractivity contribution in [3.8, 4) is 11.1 Å². The molecule has 4 heterocycles. The molecule has 0 amide bonds. The Morgan fingerprint density at radius 3 is 2.71 bits per heavy atom. The van der Waals surface area contributed by atoms with Gasteiger partial charge in [-0.05, 0) is 45.8 Å². The van der Waals surface area contributed by atoms with E-state index in [9.17, 15) is 0 Å². The van der Waals surface area contributed by atoms with Crippen LogP contribution in [0.5, 0.6) is 0 Å². The lowest BCUT2D eigenvalue weighted by Crippen LogP contribution is -2.36. The quantitative estimate of drug-likeness (QED) is 0.590. The Morgan fingerprint density at radius 2 is 1.89 bits per heavy atom. The van der Waals surface area contributed by atoms with Crippen molar-refractivity contribution in [1.29, 1.82) is 0 Å². The predicted molar refractivity (Wildman–Crippen MR) is 108 cm³/mol. The van der Waals surface area contributed by atoms with Crippen LogP contribution >= 0.6 is 0 Å². The average molecular weight is 376 g/mol. The number of hydrogen-bond donors (Lipinski definition) is 1. The molecule has 4 aromatic rings. The van der Waals surface area contributed by atoms with Crippen LogP contribution in [0.3, 0.4) is 0 Å². The molecule has 144 valence electrons. The number of hydrogen-bond acceptors (Lipinski definition) is 6. The zero-order chi connectivity index (χ0) is 19.1. The van der Waals surface area contributed by atoms with Crippen LogP contribution in [0.1, 0.15) is 25.7 Å². The van der Waals surface area contributed by atoms with Gasteiger partial charge in [0.25, 0.3) is 0 Å². The lowest BCUT2D eigenvalue weighted by atomic mass is 9.91. The smallest absolute Gasteiger partial charge is 0.241 e. The van der Waals surface area contributed by atoms with E-state index in [-0.39, 0.29) is 0 Å². The highest BCUT2D eigenvalue weighted by Crippen LogP contribution is 2.26. The molecule has 4 aromatic heterocycles. The van der Waals surface area contributed by atoms with Gasteiger partial charge in [-0.3, -0.25) is 4.40 Å². The molecule has 8 heteroatoms. The second kappa shape index (κ2) is 6.87. The third-order valence-electron chi connectivity index (χ3n) is 5.73. The summed E-state index contributed by atoms with van der Waals surface area (Å²) in [6.07, 6.45) is 16.1. The van der Waals surface area contributed by atoms with E-state index in [1.54, 1.807) is 6.20 Å². The Balaban J connectivity index is 1.36. The first kappa shape index (κ1) is 17.1. The lowest BCUT2D eigenvalue weighted by Gasteiger charge is -2.32. The Kier molecular flexibility index (Phi) is 4.20. The Hall–Kier alpha value is -3.00. The van der Waals surface area contributed by atoms with Crippen LogP contribution in [0.4, 0.5) is 5.95 Å². The molecule has 0 radical (unpaired) electrons. The number of fused-ring (bicyclic) bond motifs is 2. The first-order valence-corrected chi connectivity index (χ1v) is 9.74. The summed E-state index contributed by atoms with van der Waals surface area (Å²) >= 11 is 0. The number of anilines is 1. The summed E-state index contributed by atoms with van der Waals surface area (Å²) in [5.74, 6) is 1.38. The first-order chi connectivity index (χ1) is 13.7. The Labute approximate surface area is 163 Å². The van der Waals surface area contributed by atoms with E-state index in [0.717, 1.165) is 29.5 Å². The highest BCUT2D eigenvalue weighted by atomic mass is 15.3. The van der Waals surface area contributed by atoms with E-state index in [0.29, 0.717) is 23.8 Å². The predicted octanol–water partition coefficient (Wildman–Crippen LogP) is 2.72. The third-order valence-corrected chi connectivity index (χ3v) is 5.73. The monoisotopic (exact) mass is 376 g/mol. The molecular formula is C20H24N8. The summed E-state index contributed by atoms with van der Waals surface area (Å²) in [7, 11) is 4.33. The van der Waals surface area contributed by atoms with Crippen molar-refractivity contribution in [2.75, 3.05) is 19.4 Å². The molecule has 0 aliphatic heterocycles. The van der Waals surface area contributed by atoms with Gasteiger partial charge < -0.3 is 10.2 Å². The van der Waals surface area contributed by atoms with E-state index in [1.807, 2.05) is 39.9 Å². The van der Waals surface area contributed by atoms with Crippen LogP contribution in [0.15, 0.2) is 43.2 Å². The first-order valence-electron chi connectivity index (χ1n) is 9.74. The van der Waals surface area contributed by atoms with Gasteiger partial charge in [0.05, 0.1) is 11.7 Å². The molecule has 0 bridgehead atoms. The van der Waals surface area contributed by atoms with Crippen molar-refractivity contribution in [2.45, 2.75) is 37.8 Å². The van der Waals surface area contributed by atoms with Crippen molar-refractivity contribution in [3.05, 3.63) is 43.2 Å². The average Bonchev–Trinajstić information content (AvgIpc) is 3.34. The second-order valence-corrected chi connectivity index (χ2v) is 7.73. The largest absolute Gasteiger partial charge is 0.350 e. The van der Waals surface area contributed by atoms with Gasteiger partial charge in [-0.15, -0.1) is 5.10 Å². The zero-order valence-electron chi connectivity index (χ0n) is 16.2. The van der Waals surface area contributed by atoms with Crippen LogP contribution in [0, 0.1) is 0 Å². The van der Waals surface area contributed by atoms with Gasteiger partial charge in [0.2, 0.25) is 11.7 Å². The standard InChI is InChI=1S/C20H24N8/c1-26(2)16-5-3-15(4-6-16)24-19-22-12-18-17(7-9-28(18)25-19)14-11-23-20-21-8-10-27(20)13-14/h7-13,15-16H,3-6H2,1-2H3,(H,24,25)/t15-,16-. The summed E-state index contributed by atoms with van der Waals surface area (Å²) in [5.41, 5.74) is 3.03. The van der Waals surface area contributed by atoms with Crippen molar-refractivity contribution in [2.24, 2.45) is 0 Å². The van der Waals surface area contributed by atoms with E-state index >= 15 is 0 Å². The van der Waals surface area contributed by atoms with E-state index in [4.69, 9.17) is 0 Å². The number of nitrogens with one attached hydrogen (secondary N) is 1. The molecule has 5 rings (SSSR count). The number of imidazole rings is 1. The molecule has 0 unspecified atom stereocenters. The number of rotatable bonds is 4. The van der Waals surface area contributed by atoms with Crippen LogP contribution < -0.4 is 5.32 Å². The molecule has 1 fully saturated rings. The maximum atomic E-state index is 4.67. The molecule has 0 aromatic carbocycles. The van der Waals surface area contributed by atoms with Gasteiger partial charge in [0, 0.05) is 54.2 Å². The molecule has 1 aliphatic carbocycles. The van der Waals surface area contributed by atoms with Gasteiger partial charge in [0.15, 0.2) is 0 Å². The van der Waals surface area contributed by atoms with Crippen molar-refractivity contribution < 1.29 is 0 Å². The van der Waals surface area contributed by atoms with Crippen molar-refractivity contribution in [1.82, 2.24) is 33.9 Å². The van der Waals surface area contributed by atoms with E-state index in [1.165, 1.54) is 12.8 Å². The number of nitrogens with zero attached hydrogens (tertiary/aromatic N) is 7. The fourth-order valence-electron chi connectivity index (χ4n) is 4.09. The zero-order valence-corrected chi connectivity index (χ0v) is 16.2. The van der Waals surface area contributed by atoms with Crippen molar-refractivity contribution >= 4 is 17.2 Å². The third kappa shape index (κ3) is 3.09. The fourth-order valence-corrected chi connectivity index (χ4v) is 4.09. The fraction of sp³-hybridized carbons (Fsp3) is 0.400. The van der Waals surface area contributed by atoms with Gasteiger partial charge in [0.1, 0.15) is 0 Å². The lowest BCUT2D eigenvalue weighted by molar-refractivity contribution is 0.221. The van der Waals surface area contributed by atoms with Crippen LogP contribution in [0.2, 0.25) is 0 Å². The maximum absolute atomic E-state index is 4.67. The van der Waals surface area contributed by atoms with Gasteiger partial charge in [-0.25, -0.2) is 19.5 Å². The Bertz CT molecular complexity index is 1100. The molecule has 0 saturated heterocycles. The molecule has 1 aliphatic rings. The van der Waals surface area contributed by atoms with Crippen LogP contribution in [-0.2, 0) is 0 Å². The minimum absolute atomic E-state index is 0.441. The highest BCUT2D eigenvalue weighted by Gasteiger charge is 2.23. The van der Waals surface area contributed by atoms with Gasteiger partial charge >= 0.3 is 0 Å². The van der Waals surface area contributed by atoms with Gasteiger partial charge in [-0.2, -0.15) is 0 Å². The molecule has 0 spiro atoms. The SMILES string of the molecule is CN(C)[C@H]1CC[C@H](Nc2ncc3c(-c4cnc5nccn5c4)ccn3n2)CC1. The summed E-state index contributed by atoms with van der Waals surface area (Å²) in [5, 5.41) is 8.18. The summed E-state index contributed by atoms with van der Waals surface area (Å²) < 4.78 is 3.80. The second-order valence-electron chi connectivity index (χ2n) is 7.73. The normalized spacial score (nSPS) is 20.2. The van der Waals surface area contributed by atoms with Crippen molar-refractivity contribution in [3.63, 3.8) is 0 Å². The highest BCUT2D eigenvalue weighted by molar-refractivity contribution is 5.79. The Morgan fingerprint density at radius 1 is 1.04 bits per heavy atom. The molecule has 8 nitrogen and oxygen atoms in total. The topological polar surface area (TPSA) is 75.6 Å². The molecular weight excluding hydrogens is 352 g/mol. The van der Waals surface area contributed by atoms with E-state index in [2.05, 4.69) is 50.4 Å². The maximum Gasteiger partial charge on any atom is 0.241 e.